The van der Waals surface area contributed by atoms with E-state index in [0.29, 0.717) is 0 Å². The van der Waals surface area contributed by atoms with Crippen molar-refractivity contribution in [2.24, 2.45) is 0 Å². The zero-order valence-electron chi connectivity index (χ0n) is 11.4. The van der Waals surface area contributed by atoms with Crippen LogP contribution in [0.3, 0.4) is 0 Å². The molecule has 0 radical (unpaired) electrons. The maximum absolute atomic E-state index is 4.50. The molecule has 0 saturated carbocycles. The SMILES string of the molecule is CCNC(Cc1ccc(Br)cc1)c1cc(C)ccn1. The molecule has 1 N–H and O–H groups in total. The predicted octanol–water partition coefficient (Wildman–Crippen LogP) is 4.05. The number of likely N-dealkylation sites (N-methyl/N-ethyl adjacent to an activating group) is 1. The van der Waals surface area contributed by atoms with Crippen molar-refractivity contribution < 1.29 is 0 Å². The second-order valence-corrected chi connectivity index (χ2v) is 5.61. The van der Waals surface area contributed by atoms with Gasteiger partial charge >= 0.3 is 0 Å². The van der Waals surface area contributed by atoms with Gasteiger partial charge in [0.25, 0.3) is 0 Å². The molecule has 2 rings (SSSR count). The van der Waals surface area contributed by atoms with Crippen LogP contribution in [0.4, 0.5) is 0 Å². The van der Waals surface area contributed by atoms with Gasteiger partial charge in [-0.2, -0.15) is 0 Å². The van der Waals surface area contributed by atoms with Gasteiger partial charge in [-0.3, -0.25) is 4.98 Å². The Morgan fingerprint density at radius 3 is 2.58 bits per heavy atom. The number of nitrogens with zero attached hydrogens (tertiary/aromatic N) is 1. The molecule has 0 aliphatic rings. The molecule has 1 aromatic carbocycles. The van der Waals surface area contributed by atoms with Crippen molar-refractivity contribution in [2.75, 3.05) is 6.54 Å². The molecular weight excluding hydrogens is 300 g/mol. The summed E-state index contributed by atoms with van der Waals surface area (Å²) >= 11 is 3.47. The monoisotopic (exact) mass is 318 g/mol. The smallest absolute Gasteiger partial charge is 0.0579 e. The van der Waals surface area contributed by atoms with Crippen LogP contribution in [0.15, 0.2) is 47.1 Å². The third-order valence-corrected chi connectivity index (χ3v) is 3.63. The van der Waals surface area contributed by atoms with Crippen molar-refractivity contribution in [2.45, 2.75) is 26.3 Å². The van der Waals surface area contributed by atoms with E-state index < -0.39 is 0 Å². The molecule has 100 valence electrons. The number of rotatable bonds is 5. The molecule has 1 atom stereocenters. The summed E-state index contributed by atoms with van der Waals surface area (Å²) in [5.41, 5.74) is 3.69. The van der Waals surface area contributed by atoms with Crippen molar-refractivity contribution in [3.8, 4) is 0 Å². The minimum atomic E-state index is 0.270. The zero-order valence-corrected chi connectivity index (χ0v) is 12.9. The van der Waals surface area contributed by atoms with E-state index in [4.69, 9.17) is 0 Å². The fraction of sp³-hybridized carbons (Fsp3) is 0.312. The minimum Gasteiger partial charge on any atom is -0.309 e. The number of aromatic nitrogens is 1. The van der Waals surface area contributed by atoms with Crippen molar-refractivity contribution in [1.82, 2.24) is 10.3 Å². The summed E-state index contributed by atoms with van der Waals surface area (Å²) in [5, 5.41) is 3.51. The standard InChI is InChI=1S/C16H19BrN2/c1-3-18-16(15-10-12(2)8-9-19-15)11-13-4-6-14(17)7-5-13/h4-10,16,18H,3,11H2,1-2H3. The van der Waals surface area contributed by atoms with E-state index in [1.165, 1.54) is 11.1 Å². The summed E-state index contributed by atoms with van der Waals surface area (Å²) in [7, 11) is 0. The summed E-state index contributed by atoms with van der Waals surface area (Å²) in [6, 6.07) is 12.9. The minimum absolute atomic E-state index is 0.270. The van der Waals surface area contributed by atoms with Crippen molar-refractivity contribution >= 4 is 15.9 Å². The Morgan fingerprint density at radius 1 is 1.21 bits per heavy atom. The van der Waals surface area contributed by atoms with E-state index in [1.807, 2.05) is 12.3 Å². The molecule has 1 heterocycles. The molecule has 0 bridgehead atoms. The van der Waals surface area contributed by atoms with Gasteiger partial charge in [0.05, 0.1) is 11.7 Å². The number of hydrogen-bond donors (Lipinski definition) is 1. The number of halogens is 1. The Balaban J connectivity index is 2.18. The Labute approximate surface area is 123 Å². The molecule has 1 unspecified atom stereocenters. The fourth-order valence-electron chi connectivity index (χ4n) is 2.13. The van der Waals surface area contributed by atoms with Crippen molar-refractivity contribution in [3.63, 3.8) is 0 Å². The summed E-state index contributed by atoms with van der Waals surface area (Å²) < 4.78 is 1.12. The molecule has 2 aromatic rings. The van der Waals surface area contributed by atoms with Crippen LogP contribution in [0.25, 0.3) is 0 Å². The molecule has 2 nitrogen and oxygen atoms in total. The van der Waals surface area contributed by atoms with Crippen LogP contribution in [0, 0.1) is 6.92 Å². The van der Waals surface area contributed by atoms with E-state index in [1.54, 1.807) is 0 Å². The van der Waals surface area contributed by atoms with E-state index in [0.717, 1.165) is 23.1 Å². The van der Waals surface area contributed by atoms with Gasteiger partial charge in [0.15, 0.2) is 0 Å². The van der Waals surface area contributed by atoms with Gasteiger partial charge in [0.2, 0.25) is 0 Å². The average molecular weight is 319 g/mol. The van der Waals surface area contributed by atoms with Crippen LogP contribution in [0.2, 0.25) is 0 Å². The maximum atomic E-state index is 4.50. The lowest BCUT2D eigenvalue weighted by Crippen LogP contribution is -2.24. The van der Waals surface area contributed by atoms with Gasteiger partial charge in [0, 0.05) is 10.7 Å². The molecule has 0 aliphatic carbocycles. The Morgan fingerprint density at radius 2 is 1.95 bits per heavy atom. The van der Waals surface area contributed by atoms with Crippen LogP contribution >= 0.6 is 15.9 Å². The average Bonchev–Trinajstić information content (AvgIpc) is 2.41. The molecule has 0 aliphatic heterocycles. The number of pyridine rings is 1. The van der Waals surface area contributed by atoms with E-state index in [-0.39, 0.29) is 6.04 Å². The lowest BCUT2D eigenvalue weighted by Gasteiger charge is -2.18. The second-order valence-electron chi connectivity index (χ2n) is 4.70. The Hall–Kier alpha value is -1.19. The first-order valence-electron chi connectivity index (χ1n) is 6.59. The third-order valence-electron chi connectivity index (χ3n) is 3.10. The maximum Gasteiger partial charge on any atom is 0.0579 e. The number of benzene rings is 1. The van der Waals surface area contributed by atoms with Gasteiger partial charge in [0.1, 0.15) is 0 Å². The van der Waals surface area contributed by atoms with Gasteiger partial charge < -0.3 is 5.32 Å². The van der Waals surface area contributed by atoms with Gasteiger partial charge in [-0.25, -0.2) is 0 Å². The van der Waals surface area contributed by atoms with Crippen molar-refractivity contribution in [1.29, 1.82) is 0 Å². The highest BCUT2D eigenvalue weighted by Crippen LogP contribution is 2.19. The second kappa shape index (κ2) is 6.83. The van der Waals surface area contributed by atoms with E-state index in [9.17, 15) is 0 Å². The number of aryl methyl sites for hydroxylation is 1. The fourth-order valence-corrected chi connectivity index (χ4v) is 2.40. The van der Waals surface area contributed by atoms with Crippen LogP contribution < -0.4 is 5.32 Å². The predicted molar refractivity (Wildman–Crippen MR) is 83.2 cm³/mol. The summed E-state index contributed by atoms with van der Waals surface area (Å²) in [5.74, 6) is 0. The molecule has 1 aromatic heterocycles. The Bertz CT molecular complexity index is 523. The molecule has 0 amide bonds. The van der Waals surface area contributed by atoms with Crippen LogP contribution in [0.1, 0.15) is 29.8 Å². The highest BCUT2D eigenvalue weighted by Gasteiger charge is 2.12. The van der Waals surface area contributed by atoms with Gasteiger partial charge in [-0.15, -0.1) is 0 Å². The first-order valence-corrected chi connectivity index (χ1v) is 7.38. The molecule has 0 spiro atoms. The van der Waals surface area contributed by atoms with Gasteiger partial charge in [-0.1, -0.05) is 35.0 Å². The number of hydrogen-bond acceptors (Lipinski definition) is 2. The Kier molecular flexibility index (Phi) is 5.11. The normalized spacial score (nSPS) is 12.4. The molecular formula is C16H19BrN2. The van der Waals surface area contributed by atoms with Crippen LogP contribution in [-0.4, -0.2) is 11.5 Å². The summed E-state index contributed by atoms with van der Waals surface area (Å²) in [6.07, 6.45) is 2.84. The lowest BCUT2D eigenvalue weighted by molar-refractivity contribution is 0.536. The topological polar surface area (TPSA) is 24.9 Å². The molecule has 0 fully saturated rings. The third kappa shape index (κ3) is 4.15. The van der Waals surface area contributed by atoms with E-state index >= 15 is 0 Å². The molecule has 19 heavy (non-hydrogen) atoms. The first-order chi connectivity index (χ1) is 9.19. The molecule has 0 saturated heterocycles. The summed E-state index contributed by atoms with van der Waals surface area (Å²) in [4.78, 5) is 4.50. The van der Waals surface area contributed by atoms with Gasteiger partial charge in [-0.05, 0) is 55.3 Å². The summed E-state index contributed by atoms with van der Waals surface area (Å²) in [6.45, 7) is 5.18. The molecule has 3 heteroatoms. The highest BCUT2D eigenvalue weighted by molar-refractivity contribution is 9.10. The first kappa shape index (κ1) is 14.2. The van der Waals surface area contributed by atoms with E-state index in [2.05, 4.69) is 70.4 Å². The van der Waals surface area contributed by atoms with Crippen LogP contribution in [0.5, 0.6) is 0 Å². The quantitative estimate of drug-likeness (QED) is 0.899. The lowest BCUT2D eigenvalue weighted by atomic mass is 10.0. The highest BCUT2D eigenvalue weighted by atomic mass is 79.9. The largest absolute Gasteiger partial charge is 0.309 e. The number of nitrogens with one attached hydrogen (secondary N) is 1. The van der Waals surface area contributed by atoms with Crippen LogP contribution in [-0.2, 0) is 6.42 Å². The van der Waals surface area contributed by atoms with Crippen molar-refractivity contribution in [3.05, 3.63) is 63.9 Å². The zero-order chi connectivity index (χ0) is 13.7.